The Kier molecular flexibility index (Phi) is 8.70. The summed E-state index contributed by atoms with van der Waals surface area (Å²) in [6.07, 6.45) is 9.50. The van der Waals surface area contributed by atoms with Gasteiger partial charge in [-0.2, -0.15) is 0 Å². The maximum atomic E-state index is 13.8. The van der Waals surface area contributed by atoms with Crippen LogP contribution in [-0.2, 0) is 31.6 Å². The first kappa shape index (κ1) is 30.5. The van der Waals surface area contributed by atoms with Gasteiger partial charge < -0.3 is 10.2 Å². The maximum Gasteiger partial charge on any atom is 0.244 e. The van der Waals surface area contributed by atoms with E-state index < -0.39 is 34.3 Å². The first-order chi connectivity index (χ1) is 19.9. The number of benzene rings is 2. The average Bonchev–Trinajstić information content (AvgIpc) is 2.93. The van der Waals surface area contributed by atoms with Gasteiger partial charge in [-0.1, -0.05) is 31.2 Å². The van der Waals surface area contributed by atoms with Gasteiger partial charge in [0.25, 0.3) is 0 Å². The van der Waals surface area contributed by atoms with Crippen LogP contribution in [0.3, 0.4) is 0 Å². The molecule has 9 heteroatoms. The molecular formula is C33H44FN3O4S. The zero-order valence-electron chi connectivity index (χ0n) is 25.2. The molecule has 4 saturated carbocycles. The van der Waals surface area contributed by atoms with Crippen molar-refractivity contribution < 1.29 is 22.4 Å². The third kappa shape index (κ3) is 6.51. The summed E-state index contributed by atoms with van der Waals surface area (Å²) in [7, 11) is -3.82. The molecule has 0 aliphatic heterocycles. The maximum absolute atomic E-state index is 13.8. The summed E-state index contributed by atoms with van der Waals surface area (Å²) < 4.78 is 40.7. The number of anilines is 1. The molecule has 2 amide bonds. The van der Waals surface area contributed by atoms with E-state index in [0.29, 0.717) is 11.3 Å². The van der Waals surface area contributed by atoms with Crippen molar-refractivity contribution >= 4 is 27.5 Å². The van der Waals surface area contributed by atoms with Crippen molar-refractivity contribution in [3.8, 4) is 0 Å². The highest BCUT2D eigenvalue weighted by Gasteiger charge is 2.51. The van der Waals surface area contributed by atoms with Gasteiger partial charge in [0.15, 0.2) is 0 Å². The molecule has 6 rings (SSSR count). The van der Waals surface area contributed by atoms with Crippen LogP contribution in [0.4, 0.5) is 10.1 Å². The highest BCUT2D eigenvalue weighted by molar-refractivity contribution is 7.92. The van der Waals surface area contributed by atoms with Crippen LogP contribution in [0.1, 0.15) is 76.8 Å². The lowest BCUT2D eigenvalue weighted by Crippen LogP contribution is -2.52. The first-order valence-electron chi connectivity index (χ1n) is 15.3. The summed E-state index contributed by atoms with van der Waals surface area (Å²) in [5.41, 5.74) is 2.53. The van der Waals surface area contributed by atoms with E-state index in [1.165, 1.54) is 61.1 Å². The lowest BCUT2D eigenvalue weighted by atomic mass is 9.48. The molecule has 4 bridgehead atoms. The van der Waals surface area contributed by atoms with Gasteiger partial charge in [-0.3, -0.25) is 13.9 Å². The Bertz CT molecular complexity index is 1360. The Morgan fingerprint density at radius 1 is 0.952 bits per heavy atom. The number of carbonyl (C=O) groups is 2. The normalized spacial score (nSPS) is 26.0. The number of amides is 2. The van der Waals surface area contributed by atoms with Crippen LogP contribution in [0.15, 0.2) is 48.5 Å². The Morgan fingerprint density at radius 3 is 2.00 bits per heavy atom. The molecule has 2 unspecified atom stereocenters. The molecular weight excluding hydrogens is 553 g/mol. The number of nitrogens with zero attached hydrogens (tertiary/aromatic N) is 2. The van der Waals surface area contributed by atoms with E-state index in [9.17, 15) is 22.4 Å². The third-order valence-corrected chi connectivity index (χ3v) is 11.1. The predicted octanol–water partition coefficient (Wildman–Crippen LogP) is 5.39. The molecule has 2 aromatic carbocycles. The molecule has 0 saturated heterocycles. The number of hydrogen-bond acceptors (Lipinski definition) is 4. The number of halogens is 1. The minimum absolute atomic E-state index is 0.0385. The smallest absolute Gasteiger partial charge is 0.244 e. The summed E-state index contributed by atoms with van der Waals surface area (Å²) in [4.78, 5) is 28.2. The van der Waals surface area contributed by atoms with Crippen LogP contribution in [0.5, 0.6) is 0 Å². The lowest BCUT2D eigenvalue weighted by molar-refractivity contribution is -0.139. The van der Waals surface area contributed by atoms with E-state index in [1.807, 2.05) is 26.0 Å². The van der Waals surface area contributed by atoms with Crippen LogP contribution in [0.25, 0.3) is 0 Å². The Hall–Kier alpha value is -2.94. The molecule has 228 valence electrons. The molecule has 7 nitrogen and oxygen atoms in total. The van der Waals surface area contributed by atoms with E-state index in [2.05, 4.69) is 17.4 Å². The van der Waals surface area contributed by atoms with Gasteiger partial charge in [-0.15, -0.1) is 0 Å². The fourth-order valence-corrected chi connectivity index (χ4v) is 8.74. The topological polar surface area (TPSA) is 86.8 Å². The van der Waals surface area contributed by atoms with Gasteiger partial charge in [-0.25, -0.2) is 12.8 Å². The SMILES string of the molecule is CCC(C)NC(=O)C(C)N(Cc1ccc(F)cc1)C(=O)CN(c1ccc(C23CC4CC(CC(C4)C2)C3)cc1)S(C)(=O)=O. The zero-order valence-corrected chi connectivity index (χ0v) is 26.0. The van der Waals surface area contributed by atoms with Crippen molar-refractivity contribution in [3.05, 3.63) is 65.5 Å². The Labute approximate surface area is 249 Å². The molecule has 0 spiro atoms. The summed E-state index contributed by atoms with van der Waals surface area (Å²) in [6.45, 7) is 5.06. The second kappa shape index (κ2) is 12.0. The average molecular weight is 598 g/mol. The minimum Gasteiger partial charge on any atom is -0.352 e. The number of nitrogens with one attached hydrogen (secondary N) is 1. The predicted molar refractivity (Wildman–Crippen MR) is 163 cm³/mol. The van der Waals surface area contributed by atoms with Crippen LogP contribution in [-0.4, -0.2) is 50.0 Å². The van der Waals surface area contributed by atoms with E-state index in [-0.39, 0.29) is 23.9 Å². The quantitative estimate of drug-likeness (QED) is 0.376. The van der Waals surface area contributed by atoms with Gasteiger partial charge in [0.1, 0.15) is 18.4 Å². The van der Waals surface area contributed by atoms with E-state index in [0.717, 1.165) is 34.7 Å². The van der Waals surface area contributed by atoms with Crippen molar-refractivity contribution in [1.82, 2.24) is 10.2 Å². The molecule has 2 atom stereocenters. The minimum atomic E-state index is -3.82. The summed E-state index contributed by atoms with van der Waals surface area (Å²) >= 11 is 0. The van der Waals surface area contributed by atoms with Crippen LogP contribution in [0, 0.1) is 23.6 Å². The fourth-order valence-electron chi connectivity index (χ4n) is 7.89. The molecule has 4 aliphatic rings. The van der Waals surface area contributed by atoms with Gasteiger partial charge in [0.2, 0.25) is 21.8 Å². The van der Waals surface area contributed by atoms with Crippen LogP contribution < -0.4 is 9.62 Å². The van der Waals surface area contributed by atoms with Crippen molar-refractivity contribution in [2.45, 2.75) is 89.8 Å². The van der Waals surface area contributed by atoms with Crippen molar-refractivity contribution in [2.75, 3.05) is 17.1 Å². The first-order valence-corrected chi connectivity index (χ1v) is 17.1. The number of sulfonamides is 1. The Balaban J connectivity index is 1.38. The number of carbonyl (C=O) groups excluding carboxylic acids is 2. The summed E-state index contributed by atoms with van der Waals surface area (Å²) in [5.74, 6) is 1.15. The summed E-state index contributed by atoms with van der Waals surface area (Å²) in [5, 5.41) is 2.91. The van der Waals surface area contributed by atoms with Gasteiger partial charge >= 0.3 is 0 Å². The highest BCUT2D eigenvalue weighted by Crippen LogP contribution is 2.60. The second-order valence-electron chi connectivity index (χ2n) is 13.2. The van der Waals surface area contributed by atoms with Gasteiger partial charge in [-0.05, 0) is 117 Å². The van der Waals surface area contributed by atoms with E-state index in [4.69, 9.17) is 0 Å². The second-order valence-corrected chi connectivity index (χ2v) is 15.1. The Morgan fingerprint density at radius 2 is 1.50 bits per heavy atom. The molecule has 2 aromatic rings. The highest BCUT2D eigenvalue weighted by atomic mass is 32.2. The third-order valence-electron chi connectivity index (χ3n) is 9.92. The number of rotatable bonds is 11. The molecule has 4 fully saturated rings. The van der Waals surface area contributed by atoms with Crippen LogP contribution in [0.2, 0.25) is 0 Å². The monoisotopic (exact) mass is 597 g/mol. The van der Waals surface area contributed by atoms with Crippen LogP contribution >= 0.6 is 0 Å². The molecule has 0 heterocycles. The molecule has 4 aliphatic carbocycles. The molecule has 0 radical (unpaired) electrons. The standard InChI is InChI=1S/C33H44FN3O4S/c1-5-22(2)35-32(39)23(3)36(20-24-6-10-29(34)11-7-24)31(38)21-37(42(4,40)41)30-12-8-28(9-13-30)33-17-25-14-26(18-33)16-27(15-25)19-33/h6-13,22-23,25-27H,5,14-21H2,1-4H3,(H,35,39). The van der Waals surface area contributed by atoms with E-state index in [1.54, 1.807) is 19.1 Å². The molecule has 42 heavy (non-hydrogen) atoms. The lowest BCUT2D eigenvalue weighted by Gasteiger charge is -2.57. The van der Waals surface area contributed by atoms with E-state index >= 15 is 0 Å². The molecule has 0 aromatic heterocycles. The fraction of sp³-hybridized carbons (Fsp3) is 0.576. The largest absolute Gasteiger partial charge is 0.352 e. The van der Waals surface area contributed by atoms with Crippen molar-refractivity contribution in [1.29, 1.82) is 0 Å². The summed E-state index contributed by atoms with van der Waals surface area (Å²) in [6, 6.07) is 12.6. The van der Waals surface area contributed by atoms with Gasteiger partial charge in [0.05, 0.1) is 11.9 Å². The van der Waals surface area contributed by atoms with Crippen molar-refractivity contribution in [3.63, 3.8) is 0 Å². The van der Waals surface area contributed by atoms with Gasteiger partial charge in [0, 0.05) is 12.6 Å². The molecule has 1 N–H and O–H groups in total. The van der Waals surface area contributed by atoms with Crippen molar-refractivity contribution in [2.24, 2.45) is 17.8 Å². The number of hydrogen-bond donors (Lipinski definition) is 1. The zero-order chi connectivity index (χ0) is 30.2.